The number of nitrogens with one attached hydrogen (secondary N) is 1. The van der Waals surface area contributed by atoms with Gasteiger partial charge >= 0.3 is 0 Å². The van der Waals surface area contributed by atoms with Gasteiger partial charge in [-0.05, 0) is 25.1 Å². The number of benzene rings is 1. The third kappa shape index (κ3) is 3.99. The second-order valence-electron chi connectivity index (χ2n) is 5.00. The van der Waals surface area contributed by atoms with Crippen molar-refractivity contribution in [2.24, 2.45) is 0 Å². The molecule has 130 valence electrons. The van der Waals surface area contributed by atoms with Crippen molar-refractivity contribution in [1.29, 1.82) is 5.26 Å². The number of aryl methyl sites for hydroxylation is 1. The number of carbonyl (C=O) groups is 1. The van der Waals surface area contributed by atoms with E-state index in [-0.39, 0.29) is 26.9 Å². The van der Waals surface area contributed by atoms with Crippen molar-refractivity contribution in [3.05, 3.63) is 46.3 Å². The van der Waals surface area contributed by atoms with Gasteiger partial charge in [0.05, 0.1) is 27.4 Å². The predicted octanol–water partition coefficient (Wildman–Crippen LogP) is 2.47. The molecule has 0 saturated heterocycles. The molecule has 10 heteroatoms. The van der Waals surface area contributed by atoms with Crippen LogP contribution in [0.2, 0.25) is 5.02 Å². The van der Waals surface area contributed by atoms with Gasteiger partial charge in [-0.15, -0.1) is 0 Å². The average molecular weight is 382 g/mol. The summed E-state index contributed by atoms with van der Waals surface area (Å²) in [5, 5.41) is 25.0. The van der Waals surface area contributed by atoms with Crippen LogP contribution in [-0.2, 0) is 14.6 Å². The molecule has 1 aromatic carbocycles. The fourth-order valence-corrected chi connectivity index (χ4v) is 2.82. The van der Waals surface area contributed by atoms with Gasteiger partial charge in [0.15, 0.2) is 21.2 Å². The summed E-state index contributed by atoms with van der Waals surface area (Å²) in [5.74, 6) is -1.29. The summed E-state index contributed by atoms with van der Waals surface area (Å²) in [5.41, 5.74) is -0.388. The van der Waals surface area contributed by atoms with Crippen molar-refractivity contribution < 1.29 is 22.8 Å². The minimum Gasteiger partial charge on any atom is -0.506 e. The molecule has 0 fully saturated rings. The zero-order chi connectivity index (χ0) is 18.8. The summed E-state index contributed by atoms with van der Waals surface area (Å²) in [6.07, 6.45) is 2.19. The second kappa shape index (κ2) is 6.96. The van der Waals surface area contributed by atoms with Gasteiger partial charge in [-0.2, -0.15) is 5.26 Å². The van der Waals surface area contributed by atoms with E-state index in [0.29, 0.717) is 0 Å². The highest BCUT2D eigenvalue weighted by atomic mass is 35.5. The predicted molar refractivity (Wildman–Crippen MR) is 89.6 cm³/mol. The summed E-state index contributed by atoms with van der Waals surface area (Å²) < 4.78 is 27.7. The zero-order valence-electron chi connectivity index (χ0n) is 13.1. The maximum absolute atomic E-state index is 12.2. The lowest BCUT2D eigenvalue weighted by molar-refractivity contribution is -0.112. The van der Waals surface area contributed by atoms with E-state index in [2.05, 4.69) is 10.5 Å². The molecule has 0 spiro atoms. The highest BCUT2D eigenvalue weighted by Gasteiger charge is 2.21. The number of nitriles is 1. The number of halogens is 1. The quantitative estimate of drug-likeness (QED) is 0.472. The summed E-state index contributed by atoms with van der Waals surface area (Å²) >= 11 is 5.97. The molecule has 0 aliphatic rings. The number of hydrogen-bond acceptors (Lipinski definition) is 7. The topological polar surface area (TPSA) is 133 Å². The Kier molecular flexibility index (Phi) is 5.15. The first-order valence-electron chi connectivity index (χ1n) is 6.71. The molecule has 0 atom stereocenters. The van der Waals surface area contributed by atoms with Gasteiger partial charge in [-0.25, -0.2) is 8.42 Å². The van der Waals surface area contributed by atoms with Gasteiger partial charge in [-0.3, -0.25) is 4.79 Å². The van der Waals surface area contributed by atoms with Crippen LogP contribution in [0.25, 0.3) is 5.76 Å². The summed E-state index contributed by atoms with van der Waals surface area (Å²) in [7, 11) is -3.46. The van der Waals surface area contributed by atoms with E-state index < -0.39 is 27.1 Å². The van der Waals surface area contributed by atoms with Crippen molar-refractivity contribution in [2.75, 3.05) is 11.6 Å². The molecule has 8 nitrogen and oxygen atoms in total. The fourth-order valence-electron chi connectivity index (χ4n) is 1.88. The minimum atomic E-state index is -3.46. The lowest BCUT2D eigenvalue weighted by Crippen LogP contribution is -2.15. The molecule has 2 N–H and O–H groups in total. The smallest absolute Gasteiger partial charge is 0.270 e. The first kappa shape index (κ1) is 18.5. The molecule has 25 heavy (non-hydrogen) atoms. The van der Waals surface area contributed by atoms with Crippen LogP contribution in [0.15, 0.2) is 39.4 Å². The molecule has 0 bridgehead atoms. The van der Waals surface area contributed by atoms with Gasteiger partial charge in [0, 0.05) is 6.26 Å². The van der Waals surface area contributed by atoms with Gasteiger partial charge in [0.2, 0.25) is 0 Å². The molecular weight excluding hydrogens is 370 g/mol. The van der Waals surface area contributed by atoms with Gasteiger partial charge in [0.25, 0.3) is 5.91 Å². The van der Waals surface area contributed by atoms with Crippen LogP contribution in [-0.4, -0.2) is 30.8 Å². The van der Waals surface area contributed by atoms with E-state index in [1.54, 1.807) is 6.07 Å². The van der Waals surface area contributed by atoms with E-state index in [0.717, 1.165) is 6.26 Å². The maximum atomic E-state index is 12.2. The number of amides is 1. The highest BCUT2D eigenvalue weighted by Crippen LogP contribution is 2.26. The van der Waals surface area contributed by atoms with E-state index in [1.807, 2.05) is 0 Å². The SMILES string of the molecule is Cc1oncc1/C(O)=C(\C#N)C(=O)Nc1ccc(S(C)(=O)=O)cc1Cl. The van der Waals surface area contributed by atoms with Crippen LogP contribution < -0.4 is 5.32 Å². The second-order valence-corrected chi connectivity index (χ2v) is 7.42. The Labute approximate surface area is 148 Å². The lowest BCUT2D eigenvalue weighted by atomic mass is 10.1. The number of rotatable bonds is 4. The molecule has 2 rings (SSSR count). The molecule has 1 heterocycles. The number of carbonyl (C=O) groups excluding carboxylic acids is 1. The Bertz CT molecular complexity index is 1020. The Morgan fingerprint density at radius 2 is 2.12 bits per heavy atom. The number of aromatic nitrogens is 1. The number of anilines is 1. The highest BCUT2D eigenvalue weighted by molar-refractivity contribution is 7.90. The number of nitrogens with zero attached hydrogens (tertiary/aromatic N) is 2. The Balaban J connectivity index is 2.36. The molecule has 2 aromatic rings. The molecule has 0 saturated carbocycles. The van der Waals surface area contributed by atoms with Crippen molar-refractivity contribution in [2.45, 2.75) is 11.8 Å². The zero-order valence-corrected chi connectivity index (χ0v) is 14.6. The third-order valence-corrected chi connectivity index (χ3v) is 4.62. The van der Waals surface area contributed by atoms with E-state index >= 15 is 0 Å². The van der Waals surface area contributed by atoms with Crippen LogP contribution >= 0.6 is 11.6 Å². The van der Waals surface area contributed by atoms with Crippen molar-refractivity contribution in [3.8, 4) is 6.07 Å². The molecule has 0 unspecified atom stereocenters. The fraction of sp³-hybridized carbons (Fsp3) is 0.133. The van der Waals surface area contributed by atoms with Crippen LogP contribution in [0.5, 0.6) is 0 Å². The minimum absolute atomic E-state index is 0.0190. The van der Waals surface area contributed by atoms with Crippen molar-refractivity contribution >= 4 is 38.8 Å². The van der Waals surface area contributed by atoms with Crippen LogP contribution in [0, 0.1) is 18.3 Å². The van der Waals surface area contributed by atoms with Gasteiger partial charge in [0.1, 0.15) is 11.8 Å². The summed E-state index contributed by atoms with van der Waals surface area (Å²) in [6.45, 7) is 1.51. The van der Waals surface area contributed by atoms with E-state index in [4.69, 9.17) is 21.4 Å². The van der Waals surface area contributed by atoms with Crippen LogP contribution in [0.3, 0.4) is 0 Å². The number of aliphatic hydroxyl groups is 1. The molecule has 1 amide bonds. The molecular formula is C15H12ClN3O5S. The third-order valence-electron chi connectivity index (χ3n) is 3.20. The van der Waals surface area contributed by atoms with Crippen molar-refractivity contribution in [1.82, 2.24) is 5.16 Å². The summed E-state index contributed by atoms with van der Waals surface area (Å²) in [6, 6.07) is 5.32. The van der Waals surface area contributed by atoms with Crippen LogP contribution in [0.1, 0.15) is 11.3 Å². The standard InChI is InChI=1S/C15H12ClN3O5S/c1-8-11(7-18-24-8)14(20)10(6-17)15(21)19-13-4-3-9(5-12(13)16)25(2,22)23/h3-5,7,20H,1-2H3,(H,19,21)/b14-10-. The number of hydrogen-bond donors (Lipinski definition) is 2. The number of sulfone groups is 1. The normalized spacial score (nSPS) is 12.2. The Hall–Kier alpha value is -2.83. The van der Waals surface area contributed by atoms with E-state index in [1.165, 1.54) is 31.3 Å². The Morgan fingerprint density at radius 3 is 2.60 bits per heavy atom. The average Bonchev–Trinajstić information content (AvgIpc) is 2.95. The maximum Gasteiger partial charge on any atom is 0.270 e. The number of aliphatic hydroxyl groups excluding tert-OH is 1. The van der Waals surface area contributed by atoms with Crippen LogP contribution in [0.4, 0.5) is 5.69 Å². The first-order chi connectivity index (χ1) is 11.6. The molecule has 0 aliphatic heterocycles. The van der Waals surface area contributed by atoms with E-state index in [9.17, 15) is 18.3 Å². The lowest BCUT2D eigenvalue weighted by Gasteiger charge is -2.09. The van der Waals surface area contributed by atoms with Gasteiger partial charge in [-0.1, -0.05) is 16.8 Å². The molecule has 0 aliphatic carbocycles. The Morgan fingerprint density at radius 1 is 1.44 bits per heavy atom. The monoisotopic (exact) mass is 381 g/mol. The first-order valence-corrected chi connectivity index (χ1v) is 8.98. The van der Waals surface area contributed by atoms with Crippen molar-refractivity contribution in [3.63, 3.8) is 0 Å². The largest absolute Gasteiger partial charge is 0.506 e. The molecule has 1 aromatic heterocycles. The van der Waals surface area contributed by atoms with Gasteiger partial charge < -0.3 is 14.9 Å². The summed E-state index contributed by atoms with van der Waals surface area (Å²) in [4.78, 5) is 12.2. The molecule has 0 radical (unpaired) electrons.